The monoisotopic (exact) mass is 360 g/mol. The summed E-state index contributed by atoms with van der Waals surface area (Å²) in [5.74, 6) is 2.25. The lowest BCUT2D eigenvalue weighted by Gasteiger charge is -2.22. The molecule has 24 heavy (non-hydrogen) atoms. The van der Waals surface area contributed by atoms with Crippen molar-refractivity contribution in [1.82, 2.24) is 0 Å². The number of benzene rings is 3. The van der Waals surface area contributed by atoms with Crippen LogP contribution in [0.25, 0.3) is 11.1 Å². The Hall–Kier alpha value is -1.75. The molecular formula is C21H15P3. The normalized spacial score (nSPS) is 19.3. The Kier molecular flexibility index (Phi) is 4.88. The average molecular weight is 360 g/mol. The summed E-state index contributed by atoms with van der Waals surface area (Å²) in [7, 11) is 0.688. The van der Waals surface area contributed by atoms with Gasteiger partial charge in [-0.3, -0.25) is 0 Å². The van der Waals surface area contributed by atoms with Gasteiger partial charge in [-0.2, -0.15) is 0 Å². The first-order valence-electron chi connectivity index (χ1n) is 7.76. The maximum absolute atomic E-state index is 3.28. The van der Waals surface area contributed by atoms with Crippen LogP contribution in [-0.2, 0) is 0 Å². The minimum Gasteiger partial charge on any atom is -0.0640 e. The highest BCUT2D eigenvalue weighted by molar-refractivity contribution is 8.61. The first-order valence-corrected chi connectivity index (χ1v) is 12.8. The van der Waals surface area contributed by atoms with Crippen molar-refractivity contribution < 1.29 is 0 Å². The molecule has 3 heteroatoms. The van der Waals surface area contributed by atoms with Crippen LogP contribution in [0.4, 0.5) is 0 Å². The van der Waals surface area contributed by atoms with Crippen LogP contribution in [0.2, 0.25) is 0 Å². The van der Waals surface area contributed by atoms with E-state index in [-0.39, 0.29) is 14.9 Å². The Morgan fingerprint density at radius 1 is 0.625 bits per heavy atom. The minimum absolute atomic E-state index is 0.263. The predicted molar refractivity (Wildman–Crippen MR) is 111 cm³/mol. The molecule has 3 aromatic carbocycles. The zero-order valence-electron chi connectivity index (χ0n) is 13.0. The van der Waals surface area contributed by atoms with Gasteiger partial charge in [0.2, 0.25) is 0 Å². The summed E-state index contributed by atoms with van der Waals surface area (Å²) in [6.45, 7) is 0. The lowest BCUT2D eigenvalue weighted by molar-refractivity contribution is 1.64. The third kappa shape index (κ3) is 3.36. The summed E-state index contributed by atoms with van der Waals surface area (Å²) in [6, 6.07) is 30.5. The molecule has 0 spiro atoms. The van der Waals surface area contributed by atoms with Gasteiger partial charge in [0.15, 0.2) is 0 Å². The third-order valence-corrected chi connectivity index (χ3v) is 13.7. The van der Waals surface area contributed by atoms with Crippen molar-refractivity contribution in [2.24, 2.45) is 0 Å². The van der Waals surface area contributed by atoms with Gasteiger partial charge in [0.25, 0.3) is 0 Å². The van der Waals surface area contributed by atoms with E-state index in [0.29, 0.717) is 0 Å². The first kappa shape index (κ1) is 15.8. The summed E-state index contributed by atoms with van der Waals surface area (Å²) in [6.07, 6.45) is 0. The largest absolute Gasteiger partial charge is 0.0640 e. The van der Waals surface area contributed by atoms with Gasteiger partial charge in [0.1, 0.15) is 0 Å². The molecule has 2 unspecified atom stereocenters. The van der Waals surface area contributed by atoms with Crippen LogP contribution >= 0.6 is 22.8 Å². The second kappa shape index (κ2) is 7.43. The fourth-order valence-electron chi connectivity index (χ4n) is 2.63. The number of hydrogen-bond acceptors (Lipinski definition) is 0. The Labute approximate surface area is 146 Å². The Balaban J connectivity index is 1.66. The SMILES string of the molecule is C1=C=PP(c2ccccc2)P(c2ccc(-c3ccccc3)cc2)C=1. The molecule has 0 saturated carbocycles. The fraction of sp³-hybridized carbons (Fsp3) is 0. The molecule has 0 nitrogen and oxygen atoms in total. The molecule has 2 atom stereocenters. The van der Waals surface area contributed by atoms with Crippen LogP contribution in [0.1, 0.15) is 0 Å². The van der Waals surface area contributed by atoms with E-state index in [9.17, 15) is 0 Å². The van der Waals surface area contributed by atoms with Gasteiger partial charge >= 0.3 is 0 Å². The van der Waals surface area contributed by atoms with Crippen LogP contribution in [-0.4, -0.2) is 5.45 Å². The maximum atomic E-state index is 3.28. The minimum atomic E-state index is -0.334. The molecule has 4 rings (SSSR count). The summed E-state index contributed by atoms with van der Waals surface area (Å²) < 4.78 is 0. The summed E-state index contributed by atoms with van der Waals surface area (Å²) in [5, 5.41) is 2.89. The third-order valence-electron chi connectivity index (χ3n) is 3.83. The zero-order chi connectivity index (χ0) is 16.2. The molecule has 0 fully saturated rings. The predicted octanol–water partition coefficient (Wildman–Crippen LogP) is 6.13. The summed E-state index contributed by atoms with van der Waals surface area (Å²) in [5.41, 5.74) is 9.07. The van der Waals surface area contributed by atoms with E-state index >= 15 is 0 Å². The molecule has 1 heterocycles. The standard InChI is InChI=1S/C21H15P3/c1-3-8-18(9-4-1)19-12-14-20(15-13-19)23-17-7-16-22-24(23)21-10-5-2-6-11-21/h1-6,8-15,17H. The van der Waals surface area contributed by atoms with E-state index < -0.39 is 0 Å². The Bertz CT molecular complexity index is 918. The molecule has 0 amide bonds. The molecule has 0 N–H and O–H groups in total. The highest BCUT2D eigenvalue weighted by Crippen LogP contribution is 2.75. The average Bonchev–Trinajstić information content (AvgIpc) is 2.69. The van der Waals surface area contributed by atoms with Crippen LogP contribution < -0.4 is 10.6 Å². The first-order chi connectivity index (χ1) is 11.9. The molecule has 1 aliphatic heterocycles. The van der Waals surface area contributed by atoms with E-state index in [1.165, 1.54) is 29.6 Å². The van der Waals surface area contributed by atoms with E-state index in [1.807, 2.05) is 0 Å². The molecule has 1 aliphatic rings. The van der Waals surface area contributed by atoms with Crippen LogP contribution in [0, 0.1) is 0 Å². The quantitative estimate of drug-likeness (QED) is 0.389. The Morgan fingerprint density at radius 3 is 1.96 bits per heavy atom. The maximum Gasteiger partial charge on any atom is 0.0214 e. The smallest absolute Gasteiger partial charge is 0.0214 e. The van der Waals surface area contributed by atoms with E-state index in [2.05, 4.69) is 102 Å². The van der Waals surface area contributed by atoms with Crippen LogP contribution in [0.15, 0.2) is 96.5 Å². The van der Waals surface area contributed by atoms with Crippen molar-refractivity contribution >= 4 is 38.9 Å². The van der Waals surface area contributed by atoms with Crippen molar-refractivity contribution in [1.29, 1.82) is 0 Å². The van der Waals surface area contributed by atoms with Gasteiger partial charge in [-0.1, -0.05) is 90.7 Å². The molecule has 3 aromatic rings. The van der Waals surface area contributed by atoms with Gasteiger partial charge in [-0.15, -0.1) is 0 Å². The molecule has 0 aliphatic carbocycles. The second-order valence-electron chi connectivity index (χ2n) is 5.37. The topological polar surface area (TPSA) is 0 Å². The molecule has 114 valence electrons. The summed E-state index contributed by atoms with van der Waals surface area (Å²) >= 11 is 0. The second-order valence-corrected chi connectivity index (χ2v) is 13.6. The van der Waals surface area contributed by atoms with Gasteiger partial charge in [-0.05, 0) is 42.7 Å². The molecular weight excluding hydrogens is 345 g/mol. The van der Waals surface area contributed by atoms with Gasteiger partial charge in [0, 0.05) is 13.1 Å². The van der Waals surface area contributed by atoms with Gasteiger partial charge < -0.3 is 0 Å². The van der Waals surface area contributed by atoms with Crippen LogP contribution in [0.5, 0.6) is 0 Å². The van der Waals surface area contributed by atoms with Crippen LogP contribution in [0.3, 0.4) is 0 Å². The van der Waals surface area contributed by atoms with Gasteiger partial charge in [0.05, 0.1) is 0 Å². The van der Waals surface area contributed by atoms with Crippen molar-refractivity contribution in [3.8, 4) is 11.1 Å². The molecule has 0 radical (unpaired) electrons. The molecule has 0 bridgehead atoms. The van der Waals surface area contributed by atoms with Crippen molar-refractivity contribution in [2.75, 3.05) is 0 Å². The van der Waals surface area contributed by atoms with Crippen molar-refractivity contribution in [3.05, 3.63) is 96.5 Å². The molecule has 0 aromatic heterocycles. The van der Waals surface area contributed by atoms with E-state index in [1.54, 1.807) is 0 Å². The van der Waals surface area contributed by atoms with E-state index in [0.717, 1.165) is 0 Å². The highest BCUT2D eigenvalue weighted by atomic mass is 32.4. The number of hydrogen-bond donors (Lipinski definition) is 0. The highest BCUT2D eigenvalue weighted by Gasteiger charge is 2.22. The Morgan fingerprint density at radius 2 is 1.25 bits per heavy atom. The van der Waals surface area contributed by atoms with Gasteiger partial charge in [-0.25, -0.2) is 0 Å². The number of rotatable bonds is 3. The summed E-state index contributed by atoms with van der Waals surface area (Å²) in [4.78, 5) is 0. The lowest BCUT2D eigenvalue weighted by Crippen LogP contribution is -2.03. The lowest BCUT2D eigenvalue weighted by atomic mass is 10.1. The van der Waals surface area contributed by atoms with Crippen molar-refractivity contribution in [3.63, 3.8) is 0 Å². The zero-order valence-corrected chi connectivity index (χ0v) is 15.7. The molecule has 0 saturated heterocycles. The van der Waals surface area contributed by atoms with Crippen molar-refractivity contribution in [2.45, 2.75) is 0 Å². The van der Waals surface area contributed by atoms with E-state index in [4.69, 9.17) is 0 Å². The fourth-order valence-corrected chi connectivity index (χ4v) is 11.8.